The predicted molar refractivity (Wildman–Crippen MR) is 93.5 cm³/mol. The number of rotatable bonds is 6. The topological polar surface area (TPSA) is 101 Å². The number of nitrogens with zero attached hydrogens (tertiary/aromatic N) is 5. The molecule has 1 aliphatic rings. The van der Waals surface area contributed by atoms with E-state index in [-0.39, 0.29) is 23.7 Å². The first-order valence-electron chi connectivity index (χ1n) is 8.06. The van der Waals surface area contributed by atoms with Gasteiger partial charge in [-0.2, -0.15) is 4.39 Å². The average molecular weight is 391 g/mol. The molecule has 0 aromatic heterocycles. The normalized spacial score (nSPS) is 15.8. The Balaban J connectivity index is 1.85. The maximum absolute atomic E-state index is 14.3. The lowest BCUT2D eigenvalue weighted by Crippen LogP contribution is -2.40. The van der Waals surface area contributed by atoms with Crippen LogP contribution in [0.4, 0.5) is 20.2 Å². The lowest BCUT2D eigenvalue weighted by Gasteiger charge is -2.24. The van der Waals surface area contributed by atoms with E-state index in [0.29, 0.717) is 17.4 Å². The first kappa shape index (κ1) is 19.1. The van der Waals surface area contributed by atoms with Gasteiger partial charge in [0.15, 0.2) is 24.0 Å². The van der Waals surface area contributed by atoms with Gasteiger partial charge < -0.3 is 4.74 Å². The zero-order valence-corrected chi connectivity index (χ0v) is 14.9. The Morgan fingerprint density at radius 2 is 2.00 bits per heavy atom. The second-order valence-electron chi connectivity index (χ2n) is 5.96. The molecule has 11 heteroatoms. The molecule has 2 aromatic rings. The fourth-order valence-corrected chi connectivity index (χ4v) is 2.83. The maximum atomic E-state index is 14.3. The third kappa shape index (κ3) is 3.33. The van der Waals surface area contributed by atoms with Crippen molar-refractivity contribution in [3.05, 3.63) is 63.2 Å². The molecule has 146 valence electrons. The first-order valence-corrected chi connectivity index (χ1v) is 8.06. The van der Waals surface area contributed by atoms with Crippen LogP contribution < -0.4 is 9.75 Å². The number of carbonyl (C=O) groups excluding carboxylic acids is 1. The first-order chi connectivity index (χ1) is 13.4. The number of hydrogen-bond acceptors (Lipinski definition) is 8. The van der Waals surface area contributed by atoms with E-state index >= 15 is 0 Å². The van der Waals surface area contributed by atoms with Crippen molar-refractivity contribution in [2.24, 2.45) is 10.4 Å². The summed E-state index contributed by atoms with van der Waals surface area (Å²) in [6.45, 7) is 1.68. The Kier molecular flexibility index (Phi) is 5.16. The molecule has 3 rings (SSSR count). The minimum atomic E-state index is -1.22. The molecule has 0 bridgehead atoms. The number of nitro benzene ring substituents is 1. The number of halogens is 2. The van der Waals surface area contributed by atoms with Crippen molar-refractivity contribution in [1.82, 2.24) is 5.01 Å². The lowest BCUT2D eigenvalue weighted by molar-refractivity contribution is -0.385. The van der Waals surface area contributed by atoms with Crippen LogP contribution >= 0.6 is 0 Å². The molecular weight excluding hydrogens is 376 g/mol. The van der Waals surface area contributed by atoms with Gasteiger partial charge in [-0.05, 0) is 35.9 Å². The van der Waals surface area contributed by atoms with E-state index < -0.39 is 22.7 Å². The van der Waals surface area contributed by atoms with Gasteiger partial charge in [0.05, 0.1) is 18.6 Å². The van der Waals surface area contributed by atoms with Gasteiger partial charge in [0.25, 0.3) is 5.69 Å². The van der Waals surface area contributed by atoms with Crippen molar-refractivity contribution in [2.45, 2.75) is 19.6 Å². The standard InChI is InChI=1S/C17H15F2N5O4/c1-10-7-11(3-4-12(10)24(26)27)8-22-15(9-25)23(21-20-22)13-5-6-14(28-2)17(19)16(13)18/h3-7,9,15H,8H2,1-2H3. The summed E-state index contributed by atoms with van der Waals surface area (Å²) in [4.78, 5) is 22.0. The average Bonchev–Trinajstić information content (AvgIpc) is 3.06. The number of carbonyl (C=O) groups is 1. The second-order valence-corrected chi connectivity index (χ2v) is 5.96. The summed E-state index contributed by atoms with van der Waals surface area (Å²) >= 11 is 0. The van der Waals surface area contributed by atoms with E-state index in [1.807, 2.05) is 0 Å². The van der Waals surface area contributed by atoms with Gasteiger partial charge in [-0.15, -0.1) is 0 Å². The highest BCUT2D eigenvalue weighted by molar-refractivity contribution is 5.66. The molecule has 1 heterocycles. The largest absolute Gasteiger partial charge is 0.494 e. The third-order valence-electron chi connectivity index (χ3n) is 4.22. The highest BCUT2D eigenvalue weighted by Gasteiger charge is 2.33. The molecular formula is C17H15F2N5O4. The molecule has 9 nitrogen and oxygen atoms in total. The van der Waals surface area contributed by atoms with Crippen molar-refractivity contribution >= 4 is 17.7 Å². The van der Waals surface area contributed by atoms with Crippen molar-refractivity contribution in [3.63, 3.8) is 0 Å². The van der Waals surface area contributed by atoms with Crippen molar-refractivity contribution < 1.29 is 23.2 Å². The molecule has 1 atom stereocenters. The van der Waals surface area contributed by atoms with Crippen LogP contribution in [0, 0.1) is 28.7 Å². The number of aryl methyl sites for hydroxylation is 1. The number of hydrogen-bond donors (Lipinski definition) is 0. The summed E-state index contributed by atoms with van der Waals surface area (Å²) in [7, 11) is 1.20. The molecule has 28 heavy (non-hydrogen) atoms. The number of anilines is 1. The molecule has 0 N–H and O–H groups in total. The summed E-state index contributed by atoms with van der Waals surface area (Å²) in [6.07, 6.45) is -0.627. The molecule has 1 unspecified atom stereocenters. The molecule has 0 aliphatic carbocycles. The number of methoxy groups -OCH3 is 1. The summed E-state index contributed by atoms with van der Waals surface area (Å²) in [5, 5.41) is 20.7. The Morgan fingerprint density at radius 3 is 2.61 bits per heavy atom. The summed E-state index contributed by atoms with van der Waals surface area (Å²) < 4.78 is 33.0. The van der Waals surface area contributed by atoms with E-state index in [0.717, 1.165) is 5.01 Å². The summed E-state index contributed by atoms with van der Waals surface area (Å²) in [5.41, 5.74) is 0.774. The van der Waals surface area contributed by atoms with E-state index in [9.17, 15) is 23.7 Å². The molecule has 2 aromatic carbocycles. The minimum absolute atomic E-state index is 0.0314. The van der Waals surface area contributed by atoms with Gasteiger partial charge in [-0.3, -0.25) is 14.9 Å². The highest BCUT2D eigenvalue weighted by atomic mass is 19.2. The van der Waals surface area contributed by atoms with Crippen LogP contribution in [0.15, 0.2) is 40.8 Å². The predicted octanol–water partition coefficient (Wildman–Crippen LogP) is 3.32. The highest BCUT2D eigenvalue weighted by Crippen LogP contribution is 2.33. The van der Waals surface area contributed by atoms with Gasteiger partial charge in [0, 0.05) is 11.6 Å². The smallest absolute Gasteiger partial charge is 0.272 e. The summed E-state index contributed by atoms with van der Waals surface area (Å²) in [5.74, 6) is -2.71. The van der Waals surface area contributed by atoms with E-state index in [4.69, 9.17) is 4.74 Å². The molecule has 0 radical (unpaired) electrons. The van der Waals surface area contributed by atoms with Crippen LogP contribution in [0.2, 0.25) is 0 Å². The SMILES string of the molecule is COc1ccc(N2N=NN(Cc3ccc([N+](=O)[O-])c(C)c3)C2C=O)c(F)c1F. The van der Waals surface area contributed by atoms with Crippen molar-refractivity contribution in [1.29, 1.82) is 0 Å². The van der Waals surface area contributed by atoms with Crippen LogP contribution in [-0.4, -0.2) is 29.5 Å². The zero-order chi connectivity index (χ0) is 20.4. The van der Waals surface area contributed by atoms with Crippen LogP contribution in [0.3, 0.4) is 0 Å². The van der Waals surface area contributed by atoms with Gasteiger partial charge in [0.1, 0.15) is 5.69 Å². The van der Waals surface area contributed by atoms with E-state index in [1.54, 1.807) is 13.0 Å². The molecule has 0 saturated heterocycles. The van der Waals surface area contributed by atoms with Crippen molar-refractivity contribution in [3.8, 4) is 5.75 Å². The molecule has 1 aliphatic heterocycles. The van der Waals surface area contributed by atoms with Crippen LogP contribution in [0.1, 0.15) is 11.1 Å². The number of benzene rings is 2. The minimum Gasteiger partial charge on any atom is -0.494 e. The third-order valence-corrected chi connectivity index (χ3v) is 4.22. The molecule has 0 fully saturated rings. The Labute approximate surface area is 157 Å². The van der Waals surface area contributed by atoms with E-state index in [2.05, 4.69) is 10.4 Å². The van der Waals surface area contributed by atoms with Gasteiger partial charge in [-0.25, -0.2) is 14.4 Å². The zero-order valence-electron chi connectivity index (χ0n) is 14.9. The molecule has 0 amide bonds. The van der Waals surface area contributed by atoms with Gasteiger partial charge in [-0.1, -0.05) is 11.3 Å². The van der Waals surface area contributed by atoms with Crippen LogP contribution in [0.25, 0.3) is 0 Å². The lowest BCUT2D eigenvalue weighted by atomic mass is 10.1. The fourth-order valence-electron chi connectivity index (χ4n) is 2.83. The Morgan fingerprint density at radius 1 is 1.25 bits per heavy atom. The second kappa shape index (κ2) is 7.55. The monoisotopic (exact) mass is 391 g/mol. The van der Waals surface area contributed by atoms with Gasteiger partial charge in [0.2, 0.25) is 5.82 Å². The van der Waals surface area contributed by atoms with Gasteiger partial charge >= 0.3 is 0 Å². The van der Waals surface area contributed by atoms with E-state index in [1.165, 1.54) is 36.4 Å². The van der Waals surface area contributed by atoms with Crippen molar-refractivity contribution in [2.75, 3.05) is 12.1 Å². The quantitative estimate of drug-likeness (QED) is 0.425. The van der Waals surface area contributed by atoms with Crippen LogP contribution in [0.5, 0.6) is 5.75 Å². The number of nitro groups is 1. The van der Waals surface area contributed by atoms with Crippen LogP contribution in [-0.2, 0) is 11.3 Å². The number of ether oxygens (including phenoxy) is 1. The Bertz CT molecular complexity index is 969. The summed E-state index contributed by atoms with van der Waals surface area (Å²) in [6, 6.07) is 6.91. The molecule has 0 saturated carbocycles. The fraction of sp³-hybridized carbons (Fsp3) is 0.235. The maximum Gasteiger partial charge on any atom is 0.272 e. The number of aldehydes is 1. The molecule has 0 spiro atoms. The Hall–Kier alpha value is -3.63.